The number of nitriles is 1. The predicted molar refractivity (Wildman–Crippen MR) is 81.2 cm³/mol. The number of nitrogens with zero attached hydrogens (tertiary/aromatic N) is 1. The molecule has 2 aromatic carbocycles. The Bertz CT molecular complexity index is 765. The molecule has 2 aromatic rings. The Morgan fingerprint density at radius 3 is 2.48 bits per heavy atom. The maximum Gasteiger partial charge on any atom is 0.176 e. The van der Waals surface area contributed by atoms with Crippen molar-refractivity contribution in [3.63, 3.8) is 0 Å². The van der Waals surface area contributed by atoms with Gasteiger partial charge < -0.3 is 5.43 Å². The third-order valence-electron chi connectivity index (χ3n) is 2.86. The molecule has 0 heterocycles. The first-order chi connectivity index (χ1) is 10.0. The van der Waals surface area contributed by atoms with Gasteiger partial charge in [-0.3, -0.25) is 0 Å². The van der Waals surface area contributed by atoms with Gasteiger partial charge in [0.25, 0.3) is 0 Å². The van der Waals surface area contributed by atoms with Crippen LogP contribution in [0.5, 0.6) is 0 Å². The van der Waals surface area contributed by atoms with Gasteiger partial charge in [0.1, 0.15) is 6.07 Å². The lowest BCUT2D eigenvalue weighted by atomic mass is 10.1. The summed E-state index contributed by atoms with van der Waals surface area (Å²) in [4.78, 5) is 0.0600. The molecule has 0 aliphatic rings. The molecule has 0 bridgehead atoms. The maximum absolute atomic E-state index is 11.5. The molecule has 0 radical (unpaired) electrons. The van der Waals surface area contributed by atoms with Crippen molar-refractivity contribution in [3.05, 3.63) is 59.7 Å². The highest BCUT2D eigenvalue weighted by atomic mass is 32.2. The number of hydrogen-bond donors (Lipinski definition) is 2. The summed E-state index contributed by atoms with van der Waals surface area (Å²) in [5.41, 5.74) is 7.95. The number of anilines is 1. The van der Waals surface area contributed by atoms with E-state index in [1.165, 1.54) is 6.07 Å². The molecule has 0 fully saturated rings. The van der Waals surface area contributed by atoms with Gasteiger partial charge in [0.15, 0.2) is 9.84 Å². The lowest BCUT2D eigenvalue weighted by Crippen LogP contribution is -2.20. The Kier molecular flexibility index (Phi) is 4.58. The first-order valence-corrected chi connectivity index (χ1v) is 8.17. The van der Waals surface area contributed by atoms with E-state index in [9.17, 15) is 8.42 Å². The molecule has 0 saturated carbocycles. The minimum absolute atomic E-state index is 0.0600. The zero-order valence-corrected chi connectivity index (χ0v) is 12.3. The third-order valence-corrected chi connectivity index (χ3v) is 4.02. The molecule has 0 unspecified atom stereocenters. The van der Waals surface area contributed by atoms with Gasteiger partial charge in [-0.1, -0.05) is 24.3 Å². The number of nitrogens with one attached hydrogen (secondary N) is 2. The van der Waals surface area contributed by atoms with Crippen LogP contribution < -0.4 is 10.9 Å². The first-order valence-electron chi connectivity index (χ1n) is 6.28. The number of sulfone groups is 1. The number of hydrogen-bond acceptors (Lipinski definition) is 5. The fourth-order valence-corrected chi connectivity index (χ4v) is 2.69. The Morgan fingerprint density at radius 1 is 1.14 bits per heavy atom. The van der Waals surface area contributed by atoms with E-state index in [2.05, 4.69) is 10.9 Å². The van der Waals surface area contributed by atoms with Crippen LogP contribution in [-0.4, -0.2) is 14.7 Å². The summed E-state index contributed by atoms with van der Waals surface area (Å²) in [7, 11) is -3.38. The van der Waals surface area contributed by atoms with Crippen molar-refractivity contribution in [2.75, 3.05) is 11.7 Å². The molecule has 0 aliphatic heterocycles. The van der Waals surface area contributed by atoms with Gasteiger partial charge in [-0.05, 0) is 29.8 Å². The standard InChI is InChI=1S/C15H15N3O2S/c1-21(19,20)15-8-7-12(9-13(15)10-16)11-17-18-14-5-3-2-4-6-14/h2-9,17-18H,11H2,1H3. The van der Waals surface area contributed by atoms with E-state index < -0.39 is 9.84 Å². The SMILES string of the molecule is CS(=O)(=O)c1ccc(CNNc2ccccc2)cc1C#N. The van der Waals surface area contributed by atoms with Gasteiger partial charge in [0.05, 0.1) is 10.5 Å². The molecule has 2 rings (SSSR count). The Hall–Kier alpha value is -2.36. The molecule has 21 heavy (non-hydrogen) atoms. The van der Waals surface area contributed by atoms with Crippen LogP contribution in [-0.2, 0) is 16.4 Å². The molecule has 0 atom stereocenters. The van der Waals surface area contributed by atoms with E-state index in [1.807, 2.05) is 36.4 Å². The average molecular weight is 301 g/mol. The molecule has 2 N–H and O–H groups in total. The maximum atomic E-state index is 11.5. The van der Waals surface area contributed by atoms with Crippen LogP contribution >= 0.6 is 0 Å². The van der Waals surface area contributed by atoms with Crippen LogP contribution in [0.2, 0.25) is 0 Å². The fourth-order valence-electron chi connectivity index (χ4n) is 1.87. The summed E-state index contributed by atoms with van der Waals surface area (Å²) < 4.78 is 23.1. The van der Waals surface area contributed by atoms with Crippen molar-refractivity contribution in [2.45, 2.75) is 11.4 Å². The lowest BCUT2D eigenvalue weighted by molar-refractivity contribution is 0.601. The van der Waals surface area contributed by atoms with Gasteiger partial charge in [-0.2, -0.15) is 5.26 Å². The van der Waals surface area contributed by atoms with Gasteiger partial charge >= 0.3 is 0 Å². The van der Waals surface area contributed by atoms with Crippen LogP contribution in [0, 0.1) is 11.3 Å². The second-order valence-electron chi connectivity index (χ2n) is 4.56. The van der Waals surface area contributed by atoms with Crippen LogP contribution in [0.15, 0.2) is 53.4 Å². The minimum atomic E-state index is -3.38. The van der Waals surface area contributed by atoms with Crippen LogP contribution in [0.1, 0.15) is 11.1 Å². The minimum Gasteiger partial charge on any atom is -0.321 e. The molecule has 5 nitrogen and oxygen atoms in total. The van der Waals surface area contributed by atoms with Crippen LogP contribution in [0.25, 0.3) is 0 Å². The quantitative estimate of drug-likeness (QED) is 0.826. The van der Waals surface area contributed by atoms with Crippen molar-refractivity contribution >= 4 is 15.5 Å². The average Bonchev–Trinajstić information content (AvgIpc) is 2.47. The molecule has 108 valence electrons. The molecular formula is C15H15N3O2S. The zero-order valence-electron chi connectivity index (χ0n) is 11.5. The molecule has 6 heteroatoms. The van der Waals surface area contributed by atoms with Crippen molar-refractivity contribution in [1.29, 1.82) is 5.26 Å². The van der Waals surface area contributed by atoms with E-state index in [1.54, 1.807) is 12.1 Å². The number of benzene rings is 2. The van der Waals surface area contributed by atoms with E-state index in [4.69, 9.17) is 5.26 Å². The molecular weight excluding hydrogens is 286 g/mol. The molecule has 0 aromatic heterocycles. The Morgan fingerprint density at radius 2 is 1.86 bits per heavy atom. The molecule has 0 aliphatic carbocycles. The van der Waals surface area contributed by atoms with Crippen molar-refractivity contribution in [2.24, 2.45) is 0 Å². The van der Waals surface area contributed by atoms with Crippen LogP contribution in [0.3, 0.4) is 0 Å². The summed E-state index contributed by atoms with van der Waals surface area (Å²) in [6.07, 6.45) is 1.10. The highest BCUT2D eigenvalue weighted by Gasteiger charge is 2.13. The normalized spacial score (nSPS) is 10.9. The second kappa shape index (κ2) is 6.39. The van der Waals surface area contributed by atoms with E-state index >= 15 is 0 Å². The monoisotopic (exact) mass is 301 g/mol. The van der Waals surface area contributed by atoms with Crippen molar-refractivity contribution in [3.8, 4) is 6.07 Å². The predicted octanol–water partition coefficient (Wildman–Crippen LogP) is 2.08. The van der Waals surface area contributed by atoms with Gasteiger partial charge in [0, 0.05) is 18.5 Å². The molecule has 0 spiro atoms. The Labute approximate surface area is 124 Å². The highest BCUT2D eigenvalue weighted by molar-refractivity contribution is 7.90. The zero-order chi connectivity index (χ0) is 15.3. The van der Waals surface area contributed by atoms with E-state index in [0.717, 1.165) is 17.5 Å². The summed E-state index contributed by atoms with van der Waals surface area (Å²) in [6.45, 7) is 0.466. The smallest absolute Gasteiger partial charge is 0.176 e. The topological polar surface area (TPSA) is 82.0 Å². The summed E-state index contributed by atoms with van der Waals surface area (Å²) >= 11 is 0. The van der Waals surface area contributed by atoms with Gasteiger partial charge in [-0.15, -0.1) is 0 Å². The van der Waals surface area contributed by atoms with Crippen molar-refractivity contribution < 1.29 is 8.42 Å². The summed E-state index contributed by atoms with van der Waals surface area (Å²) in [5.74, 6) is 0. The highest BCUT2D eigenvalue weighted by Crippen LogP contribution is 2.16. The van der Waals surface area contributed by atoms with E-state index in [0.29, 0.717) is 6.54 Å². The third kappa shape index (κ3) is 4.05. The second-order valence-corrected chi connectivity index (χ2v) is 6.54. The Balaban J connectivity index is 2.07. The molecule has 0 saturated heterocycles. The summed E-state index contributed by atoms with van der Waals surface area (Å²) in [6, 6.07) is 16.2. The first kappa shape index (κ1) is 15.0. The fraction of sp³-hybridized carbons (Fsp3) is 0.133. The number of para-hydroxylation sites is 1. The largest absolute Gasteiger partial charge is 0.321 e. The number of hydrazine groups is 1. The number of rotatable bonds is 5. The molecule has 0 amide bonds. The summed E-state index contributed by atoms with van der Waals surface area (Å²) in [5, 5.41) is 9.06. The van der Waals surface area contributed by atoms with Gasteiger partial charge in [0.2, 0.25) is 0 Å². The van der Waals surface area contributed by atoms with Crippen LogP contribution in [0.4, 0.5) is 5.69 Å². The van der Waals surface area contributed by atoms with E-state index in [-0.39, 0.29) is 10.5 Å². The lowest BCUT2D eigenvalue weighted by Gasteiger charge is -2.09. The van der Waals surface area contributed by atoms with Gasteiger partial charge in [-0.25, -0.2) is 13.8 Å². The van der Waals surface area contributed by atoms with Crippen molar-refractivity contribution in [1.82, 2.24) is 5.43 Å².